The Hall–Kier alpha value is -0.560. The van der Waals surface area contributed by atoms with Crippen LogP contribution in [0.3, 0.4) is 0 Å². The van der Waals surface area contributed by atoms with Crippen LogP contribution >= 0.6 is 38.5 Å². The van der Waals surface area contributed by atoms with Gasteiger partial charge in [-0.2, -0.15) is 5.26 Å². The van der Waals surface area contributed by atoms with Gasteiger partial charge in [-0.25, -0.2) is 4.98 Å². The first-order valence-electron chi connectivity index (χ1n) is 3.35. The second-order valence-electron chi connectivity index (χ2n) is 2.26. The average molecular weight is 393 g/mol. The Bertz CT molecular complexity index is 429. The molecule has 0 bridgehead atoms. The van der Waals surface area contributed by atoms with Crippen molar-refractivity contribution in [3.8, 4) is 11.8 Å². The number of alkyl halides is 3. The first kappa shape index (κ1) is 12.5. The molecule has 1 heterocycles. The molecule has 1 aromatic heterocycles. The minimum atomic E-state index is -4.79. The molecule has 0 spiro atoms. The Morgan fingerprint density at radius 2 is 2.13 bits per heavy atom. The molecule has 1 rings (SSSR count). The lowest BCUT2D eigenvalue weighted by Gasteiger charge is -2.10. The SMILES string of the molecule is N#Cc1c(Br)ncc(OC(F)(F)F)c1I. The summed E-state index contributed by atoms with van der Waals surface area (Å²) in [4.78, 5) is 3.56. The summed E-state index contributed by atoms with van der Waals surface area (Å²) in [5, 5.41) is 8.66. The molecule has 0 aliphatic carbocycles. The molecule has 0 aliphatic rings. The fraction of sp³-hybridized carbons (Fsp3) is 0.143. The Kier molecular flexibility index (Phi) is 3.77. The average Bonchev–Trinajstić information content (AvgIpc) is 2.09. The van der Waals surface area contributed by atoms with Crippen molar-refractivity contribution in [2.75, 3.05) is 0 Å². The molecule has 0 N–H and O–H groups in total. The zero-order chi connectivity index (χ0) is 11.6. The highest BCUT2D eigenvalue weighted by molar-refractivity contribution is 14.1. The van der Waals surface area contributed by atoms with Gasteiger partial charge in [0.25, 0.3) is 0 Å². The van der Waals surface area contributed by atoms with Gasteiger partial charge in [0.05, 0.1) is 9.77 Å². The van der Waals surface area contributed by atoms with Crippen LogP contribution in [0.4, 0.5) is 13.2 Å². The van der Waals surface area contributed by atoms with E-state index in [4.69, 9.17) is 5.26 Å². The highest BCUT2D eigenvalue weighted by Gasteiger charge is 2.32. The van der Waals surface area contributed by atoms with Gasteiger partial charge in [-0.3, -0.25) is 0 Å². The van der Waals surface area contributed by atoms with Crippen LogP contribution in [0, 0.1) is 14.9 Å². The van der Waals surface area contributed by atoms with Crippen LogP contribution in [0.5, 0.6) is 5.75 Å². The standard InChI is InChI=1S/C7HBrF3IN2O/c8-6-3(1-13)5(12)4(2-14-6)15-7(9,10)11/h2H. The number of ether oxygens (including phenoxy) is 1. The minimum absolute atomic E-state index is 0.0114. The van der Waals surface area contributed by atoms with E-state index in [0.717, 1.165) is 6.20 Å². The molecule has 0 aliphatic heterocycles. The summed E-state index contributed by atoms with van der Waals surface area (Å²) < 4.78 is 39.7. The molecule has 0 saturated heterocycles. The largest absolute Gasteiger partial charge is 0.573 e. The molecular weight excluding hydrogens is 392 g/mol. The molecule has 0 aromatic carbocycles. The first-order valence-corrected chi connectivity index (χ1v) is 5.22. The lowest BCUT2D eigenvalue weighted by Crippen LogP contribution is -2.18. The van der Waals surface area contributed by atoms with Gasteiger partial charge in [-0.05, 0) is 38.5 Å². The van der Waals surface area contributed by atoms with Crippen LogP contribution < -0.4 is 4.74 Å². The van der Waals surface area contributed by atoms with Crippen LogP contribution in [-0.4, -0.2) is 11.3 Å². The van der Waals surface area contributed by atoms with E-state index in [9.17, 15) is 13.2 Å². The molecule has 80 valence electrons. The van der Waals surface area contributed by atoms with Gasteiger partial charge in [-0.15, -0.1) is 13.2 Å². The quantitative estimate of drug-likeness (QED) is 0.544. The van der Waals surface area contributed by atoms with E-state index < -0.39 is 12.1 Å². The summed E-state index contributed by atoms with van der Waals surface area (Å²) in [6, 6.07) is 1.73. The van der Waals surface area contributed by atoms with E-state index in [1.807, 2.05) is 0 Å². The van der Waals surface area contributed by atoms with Gasteiger partial charge in [-0.1, -0.05) is 0 Å². The van der Waals surface area contributed by atoms with Gasteiger partial charge in [0.1, 0.15) is 16.2 Å². The van der Waals surface area contributed by atoms with Crippen molar-refractivity contribution in [1.29, 1.82) is 5.26 Å². The third-order valence-electron chi connectivity index (χ3n) is 1.27. The monoisotopic (exact) mass is 392 g/mol. The Morgan fingerprint density at radius 1 is 1.53 bits per heavy atom. The fourth-order valence-corrected chi connectivity index (χ4v) is 2.13. The maximum absolute atomic E-state index is 11.9. The van der Waals surface area contributed by atoms with Crippen molar-refractivity contribution in [2.45, 2.75) is 6.36 Å². The van der Waals surface area contributed by atoms with Crippen molar-refractivity contribution in [1.82, 2.24) is 4.98 Å². The molecule has 15 heavy (non-hydrogen) atoms. The summed E-state index contributed by atoms with van der Waals surface area (Å²) in [5.41, 5.74) is 0.0114. The zero-order valence-electron chi connectivity index (χ0n) is 6.77. The molecule has 8 heteroatoms. The van der Waals surface area contributed by atoms with Gasteiger partial charge in [0.15, 0.2) is 5.75 Å². The van der Waals surface area contributed by atoms with Crippen molar-refractivity contribution < 1.29 is 17.9 Å². The summed E-state index contributed by atoms with van der Waals surface area (Å²) in [6.45, 7) is 0. The number of hydrogen-bond acceptors (Lipinski definition) is 3. The highest BCUT2D eigenvalue weighted by atomic mass is 127. The highest BCUT2D eigenvalue weighted by Crippen LogP contribution is 2.31. The Labute approximate surface area is 105 Å². The van der Waals surface area contributed by atoms with E-state index in [0.29, 0.717) is 0 Å². The van der Waals surface area contributed by atoms with Crippen LogP contribution in [0.15, 0.2) is 10.8 Å². The predicted molar refractivity (Wildman–Crippen MR) is 56.1 cm³/mol. The van der Waals surface area contributed by atoms with Gasteiger partial charge < -0.3 is 4.74 Å². The normalized spacial score (nSPS) is 10.9. The maximum atomic E-state index is 11.9. The van der Waals surface area contributed by atoms with E-state index in [-0.39, 0.29) is 13.7 Å². The number of nitriles is 1. The van der Waals surface area contributed by atoms with E-state index in [1.54, 1.807) is 28.7 Å². The Balaban J connectivity index is 3.18. The Morgan fingerprint density at radius 3 is 2.60 bits per heavy atom. The summed E-state index contributed by atoms with van der Waals surface area (Å²) >= 11 is 4.53. The first-order chi connectivity index (χ1) is 6.85. The molecule has 0 atom stereocenters. The minimum Gasteiger partial charge on any atom is -0.403 e. The third kappa shape index (κ3) is 3.20. The van der Waals surface area contributed by atoms with Crippen molar-refractivity contribution in [3.05, 3.63) is 19.9 Å². The van der Waals surface area contributed by atoms with Crippen molar-refractivity contribution in [3.63, 3.8) is 0 Å². The summed E-state index contributed by atoms with van der Waals surface area (Å²) in [6.07, 6.45) is -3.89. The second kappa shape index (κ2) is 4.52. The second-order valence-corrected chi connectivity index (χ2v) is 4.09. The predicted octanol–water partition coefficient (Wildman–Crippen LogP) is 3.22. The van der Waals surface area contributed by atoms with Gasteiger partial charge in [0.2, 0.25) is 0 Å². The van der Waals surface area contributed by atoms with Gasteiger partial charge >= 0.3 is 6.36 Å². The van der Waals surface area contributed by atoms with Crippen molar-refractivity contribution >= 4 is 38.5 Å². The molecule has 1 aromatic rings. The van der Waals surface area contributed by atoms with Crippen LogP contribution in [0.2, 0.25) is 0 Å². The van der Waals surface area contributed by atoms with E-state index >= 15 is 0 Å². The molecule has 0 radical (unpaired) electrons. The maximum Gasteiger partial charge on any atom is 0.573 e. The fourth-order valence-electron chi connectivity index (χ4n) is 0.741. The number of pyridine rings is 1. The number of hydrogen-bond donors (Lipinski definition) is 0. The van der Waals surface area contributed by atoms with Crippen molar-refractivity contribution in [2.24, 2.45) is 0 Å². The summed E-state index contributed by atoms with van der Waals surface area (Å²) in [7, 11) is 0. The van der Waals surface area contributed by atoms with Crippen LogP contribution in [0.25, 0.3) is 0 Å². The lowest BCUT2D eigenvalue weighted by atomic mass is 10.3. The van der Waals surface area contributed by atoms with Gasteiger partial charge in [0, 0.05) is 0 Å². The van der Waals surface area contributed by atoms with E-state index in [2.05, 4.69) is 25.7 Å². The number of rotatable bonds is 1. The third-order valence-corrected chi connectivity index (χ3v) is 2.95. The number of aromatic nitrogens is 1. The molecule has 0 unspecified atom stereocenters. The molecule has 0 fully saturated rings. The molecule has 0 saturated carbocycles. The number of halogens is 5. The lowest BCUT2D eigenvalue weighted by molar-refractivity contribution is -0.275. The van der Waals surface area contributed by atoms with Crippen LogP contribution in [0.1, 0.15) is 5.56 Å². The summed E-state index contributed by atoms with van der Waals surface area (Å²) in [5.74, 6) is -0.483. The number of nitrogens with zero attached hydrogens (tertiary/aromatic N) is 2. The molecule has 0 amide bonds. The topological polar surface area (TPSA) is 45.9 Å². The zero-order valence-corrected chi connectivity index (χ0v) is 10.5. The molecular formula is C7HBrF3IN2O. The molecule has 3 nitrogen and oxygen atoms in total. The smallest absolute Gasteiger partial charge is 0.403 e. The van der Waals surface area contributed by atoms with E-state index in [1.165, 1.54) is 0 Å². The van der Waals surface area contributed by atoms with Crippen LogP contribution in [-0.2, 0) is 0 Å².